The fourth-order valence-electron chi connectivity index (χ4n) is 2.62. The minimum Gasteiger partial charge on any atom is -0.454 e. The van der Waals surface area contributed by atoms with Crippen LogP contribution in [0.3, 0.4) is 0 Å². The highest BCUT2D eigenvalue weighted by molar-refractivity contribution is 5.91. The maximum atomic E-state index is 11.6. The number of aliphatic hydroxyl groups excluding tert-OH is 2. The summed E-state index contributed by atoms with van der Waals surface area (Å²) >= 11 is 0. The van der Waals surface area contributed by atoms with Gasteiger partial charge in [0.2, 0.25) is 0 Å². The molecule has 1 aliphatic carbocycles. The summed E-state index contributed by atoms with van der Waals surface area (Å²) in [5, 5.41) is 20.4. The Bertz CT molecular complexity index is 461. The Hall–Kier alpha value is -1.39. The quantitative estimate of drug-likeness (QED) is 0.395. The van der Waals surface area contributed by atoms with E-state index in [9.17, 15) is 15.0 Å². The summed E-state index contributed by atoms with van der Waals surface area (Å²) in [6.07, 6.45) is 2.80. The average molecular weight is 264 g/mol. The Labute approximate surface area is 113 Å². The highest BCUT2D eigenvalue weighted by Crippen LogP contribution is 2.34. The average Bonchev–Trinajstić information content (AvgIpc) is 2.62. The number of rotatable bonds is 0. The van der Waals surface area contributed by atoms with E-state index in [0.29, 0.717) is 5.57 Å². The molecule has 1 aliphatic heterocycles. The van der Waals surface area contributed by atoms with Gasteiger partial charge in [0, 0.05) is 5.57 Å². The number of aliphatic hydroxyl groups is 2. The predicted molar refractivity (Wildman–Crippen MR) is 71.3 cm³/mol. The molecule has 2 rings (SSSR count). The first kappa shape index (κ1) is 14.0. The van der Waals surface area contributed by atoms with Gasteiger partial charge in [0.15, 0.2) is 0 Å². The number of carbonyl (C=O) groups excluding carboxylic acids is 1. The van der Waals surface area contributed by atoms with E-state index >= 15 is 0 Å². The van der Waals surface area contributed by atoms with Crippen LogP contribution in [0.5, 0.6) is 0 Å². The Balaban J connectivity index is 2.39. The van der Waals surface area contributed by atoms with Crippen LogP contribution in [-0.2, 0) is 9.53 Å². The third-order valence-electron chi connectivity index (χ3n) is 3.87. The SMILES string of the molecule is C=C1C(=O)O[C@H]2/C=C(\C)CC/C=C(/C)[C@@H](O)[C@H](O)[C@@H]12. The fourth-order valence-corrected chi connectivity index (χ4v) is 2.62. The van der Waals surface area contributed by atoms with Crippen LogP contribution in [0.2, 0.25) is 0 Å². The molecule has 0 radical (unpaired) electrons. The van der Waals surface area contributed by atoms with Gasteiger partial charge in [0.1, 0.15) is 12.2 Å². The molecule has 0 aromatic heterocycles. The van der Waals surface area contributed by atoms with E-state index in [1.165, 1.54) is 0 Å². The first-order valence-electron chi connectivity index (χ1n) is 6.51. The first-order valence-corrected chi connectivity index (χ1v) is 6.51. The molecular formula is C15H20O4. The van der Waals surface area contributed by atoms with E-state index in [4.69, 9.17) is 4.74 Å². The Morgan fingerprint density at radius 3 is 2.74 bits per heavy atom. The van der Waals surface area contributed by atoms with Crippen LogP contribution >= 0.6 is 0 Å². The van der Waals surface area contributed by atoms with Gasteiger partial charge in [0.25, 0.3) is 0 Å². The minimum absolute atomic E-state index is 0.231. The normalized spacial score (nSPS) is 41.7. The van der Waals surface area contributed by atoms with Gasteiger partial charge >= 0.3 is 5.97 Å². The molecule has 1 heterocycles. The lowest BCUT2D eigenvalue weighted by molar-refractivity contribution is -0.137. The molecule has 2 aliphatic rings. The second-order valence-corrected chi connectivity index (χ2v) is 5.36. The lowest BCUT2D eigenvalue weighted by Crippen LogP contribution is -2.38. The van der Waals surface area contributed by atoms with E-state index in [2.05, 4.69) is 6.58 Å². The van der Waals surface area contributed by atoms with Crippen molar-refractivity contribution in [3.05, 3.63) is 35.5 Å². The van der Waals surface area contributed by atoms with Crippen LogP contribution in [0.1, 0.15) is 26.7 Å². The first-order chi connectivity index (χ1) is 8.91. The Morgan fingerprint density at radius 2 is 2.05 bits per heavy atom. The number of fused-ring (bicyclic) bond motifs is 1. The largest absolute Gasteiger partial charge is 0.454 e. The molecule has 1 fully saturated rings. The van der Waals surface area contributed by atoms with Crippen molar-refractivity contribution in [1.82, 2.24) is 0 Å². The molecule has 0 bridgehead atoms. The maximum Gasteiger partial charge on any atom is 0.334 e. The van der Waals surface area contributed by atoms with Gasteiger partial charge in [-0.3, -0.25) is 0 Å². The van der Waals surface area contributed by atoms with E-state index in [1.807, 2.05) is 19.1 Å². The summed E-state index contributed by atoms with van der Waals surface area (Å²) in [4.78, 5) is 11.6. The van der Waals surface area contributed by atoms with Crippen molar-refractivity contribution in [3.8, 4) is 0 Å². The lowest BCUT2D eigenvalue weighted by atomic mass is 9.84. The van der Waals surface area contributed by atoms with Crippen LogP contribution in [0, 0.1) is 5.92 Å². The van der Waals surface area contributed by atoms with Crippen LogP contribution in [0.15, 0.2) is 35.5 Å². The van der Waals surface area contributed by atoms with Gasteiger partial charge in [-0.25, -0.2) is 4.79 Å². The minimum atomic E-state index is -1.08. The van der Waals surface area contributed by atoms with Crippen molar-refractivity contribution in [1.29, 1.82) is 0 Å². The summed E-state index contributed by atoms with van der Waals surface area (Å²) in [6.45, 7) is 7.44. The zero-order chi connectivity index (χ0) is 14.2. The third kappa shape index (κ3) is 2.65. The van der Waals surface area contributed by atoms with Gasteiger partial charge in [-0.05, 0) is 38.3 Å². The van der Waals surface area contributed by atoms with Gasteiger partial charge < -0.3 is 14.9 Å². The topological polar surface area (TPSA) is 66.8 Å². The van der Waals surface area contributed by atoms with Crippen LogP contribution in [-0.4, -0.2) is 34.5 Å². The van der Waals surface area contributed by atoms with Crippen molar-refractivity contribution in [2.75, 3.05) is 0 Å². The van der Waals surface area contributed by atoms with E-state index in [0.717, 1.165) is 18.4 Å². The van der Waals surface area contributed by atoms with Gasteiger partial charge in [-0.2, -0.15) is 0 Å². The highest BCUT2D eigenvalue weighted by atomic mass is 16.6. The highest BCUT2D eigenvalue weighted by Gasteiger charge is 2.44. The molecule has 104 valence electrons. The number of hydrogen-bond donors (Lipinski definition) is 2. The molecular weight excluding hydrogens is 244 g/mol. The molecule has 0 saturated carbocycles. The lowest BCUT2D eigenvalue weighted by Gasteiger charge is -2.27. The molecule has 4 heteroatoms. The molecule has 0 unspecified atom stereocenters. The number of allylic oxidation sites excluding steroid dienone is 2. The summed E-state index contributed by atoms with van der Waals surface area (Å²) in [5.74, 6) is -1.08. The third-order valence-corrected chi connectivity index (χ3v) is 3.87. The molecule has 0 aromatic rings. The molecule has 4 nitrogen and oxygen atoms in total. The molecule has 4 atom stereocenters. The summed E-state index contributed by atoms with van der Waals surface area (Å²) < 4.78 is 5.23. The second-order valence-electron chi connectivity index (χ2n) is 5.36. The van der Waals surface area contributed by atoms with E-state index < -0.39 is 30.2 Å². The number of hydrogen-bond acceptors (Lipinski definition) is 4. The second kappa shape index (κ2) is 5.31. The van der Waals surface area contributed by atoms with Gasteiger partial charge in [-0.1, -0.05) is 18.2 Å². The number of esters is 1. The molecule has 0 amide bonds. The summed E-state index contributed by atoms with van der Waals surface area (Å²) in [5.41, 5.74) is 2.05. The Kier molecular flexibility index (Phi) is 3.92. The standard InChI is InChI=1S/C15H20O4/c1-8-5-4-6-9(2)13(16)14(17)12-10(3)15(18)19-11(12)7-8/h6-7,11-14,16-17H,3-5H2,1-2H3/b8-7+,9-6-/t11-,12-,13+,14+/m0/s1. The van der Waals surface area contributed by atoms with Crippen molar-refractivity contribution < 1.29 is 19.7 Å². The molecule has 0 spiro atoms. The van der Waals surface area contributed by atoms with Crippen molar-refractivity contribution >= 4 is 5.97 Å². The van der Waals surface area contributed by atoms with E-state index in [-0.39, 0.29) is 5.57 Å². The summed E-state index contributed by atoms with van der Waals surface area (Å²) in [6, 6.07) is 0. The fraction of sp³-hybridized carbons (Fsp3) is 0.533. The van der Waals surface area contributed by atoms with Gasteiger partial charge in [-0.15, -0.1) is 0 Å². The molecule has 1 saturated heterocycles. The zero-order valence-electron chi connectivity index (χ0n) is 11.3. The molecule has 19 heavy (non-hydrogen) atoms. The zero-order valence-corrected chi connectivity index (χ0v) is 11.3. The smallest absolute Gasteiger partial charge is 0.334 e. The van der Waals surface area contributed by atoms with Crippen molar-refractivity contribution in [2.45, 2.75) is 45.0 Å². The number of ether oxygens (including phenoxy) is 1. The maximum absolute atomic E-state index is 11.6. The van der Waals surface area contributed by atoms with Crippen molar-refractivity contribution in [2.24, 2.45) is 5.92 Å². The van der Waals surface area contributed by atoms with E-state index in [1.54, 1.807) is 6.92 Å². The van der Waals surface area contributed by atoms with Gasteiger partial charge in [0.05, 0.1) is 12.0 Å². The monoisotopic (exact) mass is 264 g/mol. The van der Waals surface area contributed by atoms with Crippen LogP contribution < -0.4 is 0 Å². The molecule has 2 N–H and O–H groups in total. The van der Waals surface area contributed by atoms with Crippen LogP contribution in [0.4, 0.5) is 0 Å². The predicted octanol–water partition coefficient (Wildman–Crippen LogP) is 1.49. The van der Waals surface area contributed by atoms with Crippen molar-refractivity contribution in [3.63, 3.8) is 0 Å². The number of carbonyl (C=O) groups is 1. The van der Waals surface area contributed by atoms with Crippen LogP contribution in [0.25, 0.3) is 0 Å². The Morgan fingerprint density at radius 1 is 1.37 bits per heavy atom. The summed E-state index contributed by atoms with van der Waals surface area (Å²) in [7, 11) is 0. The molecule has 0 aromatic carbocycles.